The molecule has 0 saturated carbocycles. The van der Waals surface area contributed by atoms with Crippen molar-refractivity contribution >= 4 is 23.2 Å². The molecule has 3 aromatic rings. The van der Waals surface area contributed by atoms with Gasteiger partial charge in [0.1, 0.15) is 11.5 Å². The van der Waals surface area contributed by atoms with Crippen molar-refractivity contribution in [2.45, 2.75) is 19.3 Å². The van der Waals surface area contributed by atoms with E-state index in [4.69, 9.17) is 25.6 Å². The summed E-state index contributed by atoms with van der Waals surface area (Å²) in [5, 5.41) is 4.64. The number of halogens is 1. The highest BCUT2D eigenvalue weighted by Crippen LogP contribution is 2.37. The minimum atomic E-state index is -0.202. The Balaban J connectivity index is 1.60. The summed E-state index contributed by atoms with van der Waals surface area (Å²) >= 11 is 6.34. The van der Waals surface area contributed by atoms with Gasteiger partial charge in [0.25, 0.3) is 0 Å². The second kappa shape index (κ2) is 7.75. The van der Waals surface area contributed by atoms with Crippen molar-refractivity contribution in [3.8, 4) is 22.9 Å². The molecule has 0 radical (unpaired) electrons. The van der Waals surface area contributed by atoms with Crippen LogP contribution in [0.5, 0.6) is 11.5 Å². The summed E-state index contributed by atoms with van der Waals surface area (Å²) < 4.78 is 16.1. The summed E-state index contributed by atoms with van der Waals surface area (Å²) in [6, 6.07) is 11.0. The van der Waals surface area contributed by atoms with E-state index in [1.807, 2.05) is 19.1 Å². The number of ether oxygens (including phenoxy) is 2. The van der Waals surface area contributed by atoms with E-state index in [0.717, 1.165) is 11.3 Å². The summed E-state index contributed by atoms with van der Waals surface area (Å²) in [7, 11) is 3.16. The maximum Gasteiger partial charge on any atom is 0.232 e. The zero-order valence-corrected chi connectivity index (χ0v) is 17.1. The van der Waals surface area contributed by atoms with Crippen molar-refractivity contribution in [3.05, 3.63) is 52.9 Å². The van der Waals surface area contributed by atoms with Gasteiger partial charge in [-0.3, -0.25) is 4.79 Å². The lowest BCUT2D eigenvalue weighted by atomic mass is 10.1. The lowest BCUT2D eigenvalue weighted by molar-refractivity contribution is -0.117. The zero-order valence-electron chi connectivity index (χ0n) is 16.3. The molecular weight excluding hydrogens is 394 g/mol. The Kier molecular flexibility index (Phi) is 5.15. The number of aryl methyl sites for hydroxylation is 1. The molecule has 1 saturated heterocycles. The number of hydrogen-bond donors (Lipinski definition) is 0. The van der Waals surface area contributed by atoms with Crippen LogP contribution in [-0.2, 0) is 4.79 Å². The van der Waals surface area contributed by atoms with Gasteiger partial charge in [-0.05, 0) is 30.7 Å². The van der Waals surface area contributed by atoms with Crippen molar-refractivity contribution in [2.75, 3.05) is 25.7 Å². The molecule has 1 aliphatic heterocycles. The number of methoxy groups -OCH3 is 2. The highest BCUT2D eigenvalue weighted by atomic mass is 35.5. The topological polar surface area (TPSA) is 77.7 Å². The molecule has 29 heavy (non-hydrogen) atoms. The SMILES string of the molecule is COc1cc(OC)cc(-c2noc(C3CC(=O)N(c4c(C)cccc4Cl)C3)n2)c1. The van der Waals surface area contributed by atoms with Gasteiger partial charge in [-0.15, -0.1) is 0 Å². The third-order valence-corrected chi connectivity index (χ3v) is 5.29. The Bertz CT molecular complexity index is 1020. The van der Waals surface area contributed by atoms with E-state index in [1.165, 1.54) is 0 Å². The summed E-state index contributed by atoms with van der Waals surface area (Å²) in [6.45, 7) is 2.37. The molecule has 150 valence electrons. The van der Waals surface area contributed by atoms with Gasteiger partial charge in [0.2, 0.25) is 17.6 Å². The second-order valence-electron chi connectivity index (χ2n) is 6.87. The molecule has 4 rings (SSSR count). The molecule has 0 aliphatic carbocycles. The van der Waals surface area contributed by atoms with Gasteiger partial charge in [0.05, 0.1) is 30.8 Å². The maximum absolute atomic E-state index is 12.7. The predicted octanol–water partition coefficient (Wildman–Crippen LogP) is 4.24. The summed E-state index contributed by atoms with van der Waals surface area (Å²) in [5.74, 6) is 1.87. The Morgan fingerprint density at radius 1 is 1.17 bits per heavy atom. The number of carbonyl (C=O) groups is 1. The number of nitrogens with zero attached hydrogens (tertiary/aromatic N) is 3. The number of aromatic nitrogens is 2. The van der Waals surface area contributed by atoms with E-state index in [1.54, 1.807) is 43.4 Å². The number of anilines is 1. The molecule has 2 heterocycles. The molecular formula is C21H20ClN3O4. The first-order chi connectivity index (χ1) is 14.0. The normalized spacial score (nSPS) is 16.3. The van der Waals surface area contributed by atoms with Crippen LogP contribution in [0.25, 0.3) is 11.4 Å². The van der Waals surface area contributed by atoms with Gasteiger partial charge < -0.3 is 18.9 Å². The second-order valence-corrected chi connectivity index (χ2v) is 7.28. The molecule has 7 nitrogen and oxygen atoms in total. The number of hydrogen-bond acceptors (Lipinski definition) is 6. The lowest BCUT2D eigenvalue weighted by Gasteiger charge is -2.20. The minimum Gasteiger partial charge on any atom is -0.497 e. The average molecular weight is 414 g/mol. The smallest absolute Gasteiger partial charge is 0.232 e. The number of benzene rings is 2. The van der Waals surface area contributed by atoms with Gasteiger partial charge in [0.15, 0.2) is 0 Å². The quantitative estimate of drug-likeness (QED) is 0.622. The third-order valence-electron chi connectivity index (χ3n) is 4.98. The monoisotopic (exact) mass is 413 g/mol. The molecule has 1 amide bonds. The molecule has 0 bridgehead atoms. The van der Waals surface area contributed by atoms with Crippen LogP contribution < -0.4 is 14.4 Å². The minimum absolute atomic E-state index is 0.0194. The van der Waals surface area contributed by atoms with Crippen molar-refractivity contribution in [3.63, 3.8) is 0 Å². The van der Waals surface area contributed by atoms with E-state index < -0.39 is 0 Å². The van der Waals surface area contributed by atoms with Crippen LogP contribution in [0.4, 0.5) is 5.69 Å². The molecule has 1 fully saturated rings. The largest absolute Gasteiger partial charge is 0.497 e. The lowest BCUT2D eigenvalue weighted by Crippen LogP contribution is -2.25. The fraction of sp³-hybridized carbons (Fsp3) is 0.286. The van der Waals surface area contributed by atoms with E-state index in [0.29, 0.717) is 40.3 Å². The standard InChI is InChI=1S/C21H20ClN3O4/c1-12-5-4-6-17(22)19(12)25-11-14(9-18(25)26)21-23-20(24-29-21)13-7-15(27-2)10-16(8-13)28-3/h4-8,10,14H,9,11H2,1-3H3. The van der Waals surface area contributed by atoms with Gasteiger partial charge in [-0.25, -0.2) is 0 Å². The van der Waals surface area contributed by atoms with E-state index >= 15 is 0 Å². The first-order valence-corrected chi connectivity index (χ1v) is 9.50. The van der Waals surface area contributed by atoms with Crippen molar-refractivity contribution < 1.29 is 18.8 Å². The first kappa shape index (κ1) is 19.3. The first-order valence-electron chi connectivity index (χ1n) is 9.12. The fourth-order valence-corrected chi connectivity index (χ4v) is 3.83. The summed E-state index contributed by atoms with van der Waals surface area (Å²) in [6.07, 6.45) is 0.285. The average Bonchev–Trinajstić information content (AvgIpc) is 3.35. The highest BCUT2D eigenvalue weighted by molar-refractivity contribution is 6.34. The van der Waals surface area contributed by atoms with Crippen LogP contribution in [0.15, 0.2) is 40.9 Å². The van der Waals surface area contributed by atoms with E-state index in [9.17, 15) is 4.79 Å². The number of para-hydroxylation sites is 1. The molecule has 1 unspecified atom stereocenters. The van der Waals surface area contributed by atoms with Gasteiger partial charge in [-0.1, -0.05) is 28.9 Å². The number of amides is 1. The number of rotatable bonds is 5. The summed E-state index contributed by atoms with van der Waals surface area (Å²) in [5.41, 5.74) is 2.39. The third kappa shape index (κ3) is 3.65. The highest BCUT2D eigenvalue weighted by Gasteiger charge is 2.36. The van der Waals surface area contributed by atoms with Crippen LogP contribution >= 0.6 is 11.6 Å². The van der Waals surface area contributed by atoms with Crippen LogP contribution in [-0.4, -0.2) is 36.8 Å². The molecule has 1 aliphatic rings. The fourth-order valence-electron chi connectivity index (χ4n) is 3.51. The Hall–Kier alpha value is -3.06. The molecule has 0 spiro atoms. The predicted molar refractivity (Wildman–Crippen MR) is 109 cm³/mol. The van der Waals surface area contributed by atoms with Crippen LogP contribution in [0.2, 0.25) is 5.02 Å². The molecule has 1 aromatic heterocycles. The maximum atomic E-state index is 12.7. The van der Waals surface area contributed by atoms with Crippen LogP contribution in [0.3, 0.4) is 0 Å². The molecule has 2 aromatic carbocycles. The van der Waals surface area contributed by atoms with E-state index in [2.05, 4.69) is 10.1 Å². The molecule has 1 atom stereocenters. The van der Waals surface area contributed by atoms with Crippen molar-refractivity contribution in [2.24, 2.45) is 0 Å². The summed E-state index contributed by atoms with van der Waals surface area (Å²) in [4.78, 5) is 18.9. The van der Waals surface area contributed by atoms with Crippen LogP contribution in [0.1, 0.15) is 23.8 Å². The van der Waals surface area contributed by atoms with E-state index in [-0.39, 0.29) is 18.2 Å². The van der Waals surface area contributed by atoms with Crippen molar-refractivity contribution in [1.29, 1.82) is 0 Å². The van der Waals surface area contributed by atoms with Gasteiger partial charge >= 0.3 is 0 Å². The molecule has 0 N–H and O–H groups in total. The Morgan fingerprint density at radius 2 is 1.90 bits per heavy atom. The van der Waals surface area contributed by atoms with Crippen molar-refractivity contribution in [1.82, 2.24) is 10.1 Å². The Morgan fingerprint density at radius 3 is 2.55 bits per heavy atom. The van der Waals surface area contributed by atoms with Gasteiger partial charge in [0, 0.05) is 24.6 Å². The number of carbonyl (C=O) groups excluding carboxylic acids is 1. The van der Waals surface area contributed by atoms with Gasteiger partial charge in [-0.2, -0.15) is 4.98 Å². The zero-order chi connectivity index (χ0) is 20.5. The molecule has 8 heteroatoms. The van der Waals surface area contributed by atoms with Crippen LogP contribution in [0, 0.1) is 6.92 Å². The Labute approximate surface area is 173 Å².